The van der Waals surface area contributed by atoms with Gasteiger partial charge in [-0.05, 0) is 75.9 Å². The van der Waals surface area contributed by atoms with Crippen LogP contribution >= 0.6 is 63.7 Å². The minimum absolute atomic E-state index is 0. The summed E-state index contributed by atoms with van der Waals surface area (Å²) in [5.41, 5.74) is 0. The van der Waals surface area contributed by atoms with Crippen LogP contribution in [-0.4, -0.2) is 0 Å². The molecule has 0 unspecified atom stereocenters. The van der Waals surface area contributed by atoms with Gasteiger partial charge in [0.1, 0.15) is 0 Å². The standard InChI is InChI=1S/C6H2Br4.Zn/c7-3-1-2-4(8)6(10)5(3)9;/h1-2H;. The third-order valence-electron chi connectivity index (χ3n) is 0.988. The van der Waals surface area contributed by atoms with Crippen molar-refractivity contribution in [3.8, 4) is 0 Å². The first-order valence-electron chi connectivity index (χ1n) is 2.42. The second-order valence-corrected chi connectivity index (χ2v) is 4.95. The van der Waals surface area contributed by atoms with Crippen molar-refractivity contribution < 1.29 is 19.5 Å². The van der Waals surface area contributed by atoms with Gasteiger partial charge in [-0.1, -0.05) is 0 Å². The number of hydrogen-bond donors (Lipinski definition) is 0. The number of halogens is 4. The van der Waals surface area contributed by atoms with Crippen LogP contribution in [0.3, 0.4) is 0 Å². The summed E-state index contributed by atoms with van der Waals surface area (Å²) in [6.07, 6.45) is 0. The molecule has 1 aromatic rings. The summed E-state index contributed by atoms with van der Waals surface area (Å²) in [4.78, 5) is 0. The van der Waals surface area contributed by atoms with Gasteiger partial charge in [0, 0.05) is 37.4 Å². The molecule has 0 spiro atoms. The quantitative estimate of drug-likeness (QED) is 0.299. The Bertz CT molecular complexity index is 234. The van der Waals surface area contributed by atoms with Gasteiger partial charge in [0.2, 0.25) is 0 Å². The van der Waals surface area contributed by atoms with Crippen LogP contribution in [0.25, 0.3) is 0 Å². The molecule has 0 aliphatic carbocycles. The Kier molecular flexibility index (Phi) is 6.36. The SMILES string of the molecule is Brc1ccc(Br)c(Br)c1Br.[Zn]. The van der Waals surface area contributed by atoms with Gasteiger partial charge in [0.25, 0.3) is 0 Å². The monoisotopic (exact) mass is 454 g/mol. The minimum Gasteiger partial charge on any atom is -0.0496 e. The van der Waals surface area contributed by atoms with E-state index in [0.717, 1.165) is 17.9 Å². The molecule has 0 heterocycles. The van der Waals surface area contributed by atoms with E-state index in [4.69, 9.17) is 0 Å². The summed E-state index contributed by atoms with van der Waals surface area (Å²) in [5.74, 6) is 0. The number of hydrogen-bond acceptors (Lipinski definition) is 0. The van der Waals surface area contributed by atoms with Crippen molar-refractivity contribution in [2.45, 2.75) is 0 Å². The molecule has 0 fully saturated rings. The van der Waals surface area contributed by atoms with Gasteiger partial charge in [-0.15, -0.1) is 0 Å². The molecule has 5 heteroatoms. The second kappa shape index (κ2) is 5.48. The van der Waals surface area contributed by atoms with E-state index in [2.05, 4.69) is 63.7 Å². The summed E-state index contributed by atoms with van der Waals surface area (Å²) >= 11 is 13.6. The van der Waals surface area contributed by atoms with Crippen LogP contribution in [-0.2, 0) is 19.5 Å². The third-order valence-corrected chi connectivity index (χ3v) is 5.55. The average Bonchev–Trinajstić information content (AvgIpc) is 1.93. The Balaban J connectivity index is 0.000001000. The first-order valence-corrected chi connectivity index (χ1v) is 5.59. The maximum absolute atomic E-state index is 3.41. The molecule has 11 heavy (non-hydrogen) atoms. The van der Waals surface area contributed by atoms with E-state index < -0.39 is 0 Å². The molecule has 1 rings (SSSR count). The number of rotatable bonds is 0. The Labute approximate surface area is 112 Å². The van der Waals surface area contributed by atoms with Crippen molar-refractivity contribution >= 4 is 63.7 Å². The van der Waals surface area contributed by atoms with Gasteiger partial charge >= 0.3 is 0 Å². The zero-order valence-corrected chi connectivity index (χ0v) is 14.7. The van der Waals surface area contributed by atoms with Crippen LogP contribution < -0.4 is 0 Å². The molecule has 0 N–H and O–H groups in total. The number of benzene rings is 1. The van der Waals surface area contributed by atoms with E-state index in [1.165, 1.54) is 0 Å². The molecule has 0 radical (unpaired) electrons. The molecule has 0 aliphatic rings. The first-order chi connectivity index (χ1) is 4.63. The van der Waals surface area contributed by atoms with E-state index in [1.54, 1.807) is 0 Å². The maximum atomic E-state index is 3.41. The Hall–Kier alpha value is 1.76. The third kappa shape index (κ3) is 3.19. The van der Waals surface area contributed by atoms with E-state index >= 15 is 0 Å². The molecule has 0 saturated carbocycles. The van der Waals surface area contributed by atoms with Crippen molar-refractivity contribution in [2.75, 3.05) is 0 Å². The summed E-state index contributed by atoms with van der Waals surface area (Å²) < 4.78 is 4.15. The van der Waals surface area contributed by atoms with E-state index in [1.807, 2.05) is 12.1 Å². The topological polar surface area (TPSA) is 0 Å². The molecular formula is C6H2Br4Zn. The fraction of sp³-hybridized carbons (Fsp3) is 0. The van der Waals surface area contributed by atoms with Crippen molar-refractivity contribution in [3.63, 3.8) is 0 Å². The Morgan fingerprint density at radius 2 is 1.00 bits per heavy atom. The van der Waals surface area contributed by atoms with Crippen molar-refractivity contribution in [3.05, 3.63) is 30.0 Å². The smallest absolute Gasteiger partial charge is 0.0471 e. The molecule has 0 aromatic heterocycles. The largest absolute Gasteiger partial charge is 0.0496 e. The Morgan fingerprint density at radius 1 is 0.727 bits per heavy atom. The molecule has 0 atom stereocenters. The average molecular weight is 459 g/mol. The molecule has 56 valence electrons. The normalized spacial score (nSPS) is 9.09. The van der Waals surface area contributed by atoms with Crippen LogP contribution in [0.4, 0.5) is 0 Å². The van der Waals surface area contributed by atoms with Crippen LogP contribution in [0.2, 0.25) is 0 Å². The van der Waals surface area contributed by atoms with Gasteiger partial charge in [-0.25, -0.2) is 0 Å². The summed E-state index contributed by atoms with van der Waals surface area (Å²) in [7, 11) is 0. The molecule has 0 bridgehead atoms. The molecular weight excluding hydrogens is 457 g/mol. The molecule has 0 nitrogen and oxygen atoms in total. The van der Waals surface area contributed by atoms with Crippen LogP contribution in [0.15, 0.2) is 30.0 Å². The predicted molar refractivity (Wildman–Crippen MR) is 57.2 cm³/mol. The van der Waals surface area contributed by atoms with Crippen molar-refractivity contribution in [1.82, 2.24) is 0 Å². The fourth-order valence-corrected chi connectivity index (χ4v) is 2.39. The van der Waals surface area contributed by atoms with Gasteiger partial charge in [-0.2, -0.15) is 0 Å². The van der Waals surface area contributed by atoms with E-state index in [-0.39, 0.29) is 19.5 Å². The maximum Gasteiger partial charge on any atom is 0.0471 e. The van der Waals surface area contributed by atoms with E-state index in [9.17, 15) is 0 Å². The summed E-state index contributed by atoms with van der Waals surface area (Å²) in [5, 5.41) is 0. The van der Waals surface area contributed by atoms with Crippen LogP contribution in [0.1, 0.15) is 0 Å². The Morgan fingerprint density at radius 3 is 1.27 bits per heavy atom. The molecule has 0 amide bonds. The van der Waals surface area contributed by atoms with Gasteiger partial charge in [0.05, 0.1) is 0 Å². The predicted octanol–water partition coefficient (Wildman–Crippen LogP) is 4.73. The zero-order valence-electron chi connectivity index (χ0n) is 5.37. The first kappa shape index (κ1) is 12.8. The zero-order chi connectivity index (χ0) is 7.72. The van der Waals surface area contributed by atoms with Crippen LogP contribution in [0.5, 0.6) is 0 Å². The summed E-state index contributed by atoms with van der Waals surface area (Å²) in [6, 6.07) is 3.94. The van der Waals surface area contributed by atoms with E-state index in [0.29, 0.717) is 0 Å². The van der Waals surface area contributed by atoms with Gasteiger partial charge in [-0.3, -0.25) is 0 Å². The molecule has 1 aromatic carbocycles. The molecule has 0 saturated heterocycles. The van der Waals surface area contributed by atoms with Crippen molar-refractivity contribution in [1.29, 1.82) is 0 Å². The second-order valence-electron chi connectivity index (χ2n) is 1.66. The fourth-order valence-electron chi connectivity index (χ4n) is 0.502. The summed E-state index contributed by atoms with van der Waals surface area (Å²) in [6.45, 7) is 0. The van der Waals surface area contributed by atoms with Gasteiger partial charge in [0.15, 0.2) is 0 Å². The van der Waals surface area contributed by atoms with Gasteiger partial charge < -0.3 is 0 Å². The minimum atomic E-state index is 0. The molecule has 0 aliphatic heterocycles. The van der Waals surface area contributed by atoms with Crippen molar-refractivity contribution in [2.24, 2.45) is 0 Å². The van der Waals surface area contributed by atoms with Crippen LogP contribution in [0, 0.1) is 0 Å².